The Labute approximate surface area is 343 Å². The molecule has 4 atom stereocenters. The number of carboxylic acid groups (broad SMARTS) is 1. The second-order valence-corrected chi connectivity index (χ2v) is 15.4. The summed E-state index contributed by atoms with van der Waals surface area (Å²) in [4.78, 5) is 45.9. The molecule has 13 heteroatoms. The standard InChI is InChI=1S/C44H74NO11P/c1-3-5-7-9-11-13-15-17-18-20-22-24-26-28-30-34-42(47)53-36-40(37-54-57(51,52)55-38-41(45)44(49)50)56-43(48)35-31-33-39(46)32-29-27-25-23-21-19-16-14-12-10-8-6-4-2/h6,8,12-15,19,21,25,27,29,32,39-41,46H,3-5,7,9-11,16-18,20,22-24,26,28,30-31,33-38,45H2,1-2H3,(H,49,50)(H,51,52)/b8-6-,14-12-,15-13-,21-19-,27-25-,32-29+/t39?,40-,41+/m1/s1. The Bertz CT molecular complexity index is 1260. The van der Waals surface area contributed by atoms with Gasteiger partial charge in [-0.05, 0) is 70.6 Å². The minimum Gasteiger partial charge on any atom is -0.480 e. The van der Waals surface area contributed by atoms with E-state index >= 15 is 0 Å². The van der Waals surface area contributed by atoms with Gasteiger partial charge in [-0.3, -0.25) is 23.4 Å². The Balaban J connectivity index is 4.61. The predicted octanol–water partition coefficient (Wildman–Crippen LogP) is 9.92. The van der Waals surface area contributed by atoms with E-state index in [9.17, 15) is 28.9 Å². The maximum atomic E-state index is 12.6. The summed E-state index contributed by atoms with van der Waals surface area (Å²) in [5.74, 6) is -2.62. The molecule has 0 aliphatic heterocycles. The van der Waals surface area contributed by atoms with Crippen LogP contribution in [0.3, 0.4) is 0 Å². The maximum absolute atomic E-state index is 12.6. The van der Waals surface area contributed by atoms with E-state index in [0.29, 0.717) is 6.42 Å². The lowest BCUT2D eigenvalue weighted by atomic mass is 10.1. The summed E-state index contributed by atoms with van der Waals surface area (Å²) in [6.45, 7) is 2.45. The third kappa shape index (κ3) is 38.2. The number of esters is 2. The van der Waals surface area contributed by atoms with Crippen molar-refractivity contribution in [3.8, 4) is 0 Å². The second kappa shape index (κ2) is 38.4. The molecular weight excluding hydrogens is 749 g/mol. The number of ether oxygens (including phenoxy) is 2. The van der Waals surface area contributed by atoms with Crippen LogP contribution in [0, 0.1) is 0 Å². The molecule has 0 spiro atoms. The predicted molar refractivity (Wildman–Crippen MR) is 227 cm³/mol. The molecule has 0 rings (SSSR count). The molecule has 12 nitrogen and oxygen atoms in total. The molecule has 0 aromatic carbocycles. The molecule has 0 saturated heterocycles. The highest BCUT2D eigenvalue weighted by molar-refractivity contribution is 7.47. The zero-order chi connectivity index (χ0) is 42.2. The van der Waals surface area contributed by atoms with Gasteiger partial charge in [0, 0.05) is 12.8 Å². The van der Waals surface area contributed by atoms with Crippen molar-refractivity contribution in [1.82, 2.24) is 0 Å². The average Bonchev–Trinajstić information content (AvgIpc) is 3.18. The summed E-state index contributed by atoms with van der Waals surface area (Å²) >= 11 is 0. The van der Waals surface area contributed by atoms with Crippen LogP contribution in [-0.2, 0) is 37.5 Å². The van der Waals surface area contributed by atoms with Gasteiger partial charge in [-0.1, -0.05) is 138 Å². The number of unbranched alkanes of at least 4 members (excludes halogenated alkanes) is 11. The number of aliphatic hydroxyl groups excluding tert-OH is 1. The van der Waals surface area contributed by atoms with Crippen LogP contribution in [0.1, 0.15) is 149 Å². The van der Waals surface area contributed by atoms with Crippen LogP contribution in [-0.4, -0.2) is 71.1 Å². The Kier molecular flexibility index (Phi) is 36.3. The first-order valence-corrected chi connectivity index (χ1v) is 22.6. The summed E-state index contributed by atoms with van der Waals surface area (Å²) in [7, 11) is -4.77. The Hall–Kier alpha value is -3.12. The molecule has 0 saturated carbocycles. The molecule has 0 heterocycles. The van der Waals surface area contributed by atoms with Crippen LogP contribution >= 0.6 is 7.82 Å². The lowest BCUT2D eigenvalue weighted by molar-refractivity contribution is -0.161. The summed E-state index contributed by atoms with van der Waals surface area (Å²) in [6.07, 6.45) is 41.4. The number of carbonyl (C=O) groups is 3. The zero-order valence-corrected chi connectivity index (χ0v) is 35.7. The minimum atomic E-state index is -4.77. The molecule has 0 fully saturated rings. The molecule has 0 aliphatic rings. The van der Waals surface area contributed by atoms with Crippen LogP contribution in [0.15, 0.2) is 72.9 Å². The summed E-state index contributed by atoms with van der Waals surface area (Å²) in [5.41, 5.74) is 5.32. The van der Waals surface area contributed by atoms with Crippen LogP contribution in [0.4, 0.5) is 0 Å². The number of nitrogens with two attached hydrogens (primary N) is 1. The third-order valence-electron chi connectivity index (χ3n) is 8.54. The molecule has 0 bridgehead atoms. The Morgan fingerprint density at radius 3 is 1.81 bits per heavy atom. The third-order valence-corrected chi connectivity index (χ3v) is 9.49. The second-order valence-electron chi connectivity index (χ2n) is 13.9. The molecular formula is C44H74NO11P. The number of phosphoric ester groups is 1. The molecule has 0 amide bonds. The molecule has 0 aromatic rings. The van der Waals surface area contributed by atoms with E-state index in [2.05, 4.69) is 67.0 Å². The van der Waals surface area contributed by atoms with Gasteiger partial charge in [0.15, 0.2) is 6.10 Å². The Morgan fingerprint density at radius 1 is 0.649 bits per heavy atom. The smallest absolute Gasteiger partial charge is 0.472 e. The van der Waals surface area contributed by atoms with Gasteiger partial charge in [0.25, 0.3) is 0 Å². The molecule has 0 aliphatic carbocycles. The van der Waals surface area contributed by atoms with Crippen LogP contribution in [0.25, 0.3) is 0 Å². The summed E-state index contributed by atoms with van der Waals surface area (Å²) < 4.78 is 32.5. The van der Waals surface area contributed by atoms with Crippen molar-refractivity contribution in [2.75, 3.05) is 19.8 Å². The van der Waals surface area contributed by atoms with Crippen LogP contribution in [0.5, 0.6) is 0 Å². The number of hydrogen-bond donors (Lipinski definition) is 4. The van der Waals surface area contributed by atoms with Crippen molar-refractivity contribution in [1.29, 1.82) is 0 Å². The van der Waals surface area contributed by atoms with Crippen molar-refractivity contribution >= 4 is 25.7 Å². The molecule has 2 unspecified atom stereocenters. The molecule has 0 radical (unpaired) electrons. The van der Waals surface area contributed by atoms with Crippen LogP contribution in [0.2, 0.25) is 0 Å². The fourth-order valence-corrected chi connectivity index (χ4v) is 5.98. The van der Waals surface area contributed by atoms with E-state index in [1.807, 2.05) is 12.2 Å². The van der Waals surface area contributed by atoms with Gasteiger partial charge in [0.05, 0.1) is 19.3 Å². The molecule has 326 valence electrons. The first kappa shape index (κ1) is 53.9. The van der Waals surface area contributed by atoms with Gasteiger partial charge in [-0.2, -0.15) is 0 Å². The Morgan fingerprint density at radius 2 is 1.19 bits per heavy atom. The fraction of sp³-hybridized carbons (Fsp3) is 0.659. The number of phosphoric acid groups is 1. The minimum absolute atomic E-state index is 0.0735. The maximum Gasteiger partial charge on any atom is 0.472 e. The van der Waals surface area contributed by atoms with Gasteiger partial charge in [0.2, 0.25) is 0 Å². The monoisotopic (exact) mass is 823 g/mol. The highest BCUT2D eigenvalue weighted by Crippen LogP contribution is 2.43. The molecule has 0 aromatic heterocycles. The summed E-state index contributed by atoms with van der Waals surface area (Å²) in [5, 5.41) is 19.2. The first-order valence-electron chi connectivity index (χ1n) is 21.1. The van der Waals surface area contributed by atoms with Crippen molar-refractivity contribution in [3.63, 3.8) is 0 Å². The van der Waals surface area contributed by atoms with Gasteiger partial charge in [-0.15, -0.1) is 0 Å². The van der Waals surface area contributed by atoms with E-state index in [1.54, 1.807) is 12.2 Å². The highest BCUT2D eigenvalue weighted by Gasteiger charge is 2.28. The normalized spacial score (nSPS) is 15.0. The quantitative estimate of drug-likeness (QED) is 0.0152. The highest BCUT2D eigenvalue weighted by atomic mass is 31.2. The van der Waals surface area contributed by atoms with Crippen molar-refractivity contribution in [2.45, 2.75) is 167 Å². The van der Waals surface area contributed by atoms with Gasteiger partial charge < -0.3 is 30.3 Å². The zero-order valence-electron chi connectivity index (χ0n) is 34.8. The summed E-state index contributed by atoms with van der Waals surface area (Å²) in [6, 6.07) is -1.56. The van der Waals surface area contributed by atoms with E-state index in [1.165, 1.54) is 44.9 Å². The number of allylic oxidation sites excluding steroid dienone is 11. The lowest BCUT2D eigenvalue weighted by Crippen LogP contribution is -2.34. The number of aliphatic hydroxyl groups is 1. The number of carbonyl (C=O) groups excluding carboxylic acids is 2. The van der Waals surface area contributed by atoms with Crippen LogP contribution < -0.4 is 5.73 Å². The number of carboxylic acids is 1. The van der Waals surface area contributed by atoms with Crippen molar-refractivity contribution in [2.24, 2.45) is 5.73 Å². The topological polar surface area (TPSA) is 192 Å². The lowest BCUT2D eigenvalue weighted by Gasteiger charge is -2.20. The van der Waals surface area contributed by atoms with E-state index < -0.39 is 63.8 Å². The van der Waals surface area contributed by atoms with Gasteiger partial charge in [-0.25, -0.2) is 4.57 Å². The molecule has 57 heavy (non-hydrogen) atoms. The first-order chi connectivity index (χ1) is 27.5. The largest absolute Gasteiger partial charge is 0.480 e. The molecule has 5 N–H and O–H groups in total. The van der Waals surface area contributed by atoms with E-state index in [0.717, 1.165) is 57.8 Å². The fourth-order valence-electron chi connectivity index (χ4n) is 5.20. The number of hydrogen-bond acceptors (Lipinski definition) is 10. The number of aliphatic carboxylic acids is 1. The number of rotatable bonds is 38. The SMILES string of the molecule is CC/C=C\C/C=C\C/C=C\C/C=C\C=C\C(O)CCCC(=O)O[C@H](COC(=O)CCCCCCCCC/C=C\CCCCCC)COP(=O)(O)OC[C@H](N)C(=O)O. The van der Waals surface area contributed by atoms with E-state index in [-0.39, 0.29) is 25.7 Å². The van der Waals surface area contributed by atoms with E-state index in [4.69, 9.17) is 24.8 Å². The van der Waals surface area contributed by atoms with Gasteiger partial charge >= 0.3 is 25.7 Å². The average molecular weight is 824 g/mol. The van der Waals surface area contributed by atoms with Gasteiger partial charge in [0.1, 0.15) is 12.6 Å². The van der Waals surface area contributed by atoms with Crippen molar-refractivity contribution < 1.29 is 52.6 Å². The van der Waals surface area contributed by atoms with Crippen molar-refractivity contribution in [3.05, 3.63) is 72.9 Å².